The Morgan fingerprint density at radius 1 is 1.20 bits per heavy atom. The summed E-state index contributed by atoms with van der Waals surface area (Å²) in [6.45, 7) is 5.57. The number of carbonyl (C=O) groups is 1. The van der Waals surface area contributed by atoms with E-state index in [2.05, 4.69) is 5.32 Å². The predicted octanol–water partition coefficient (Wildman–Crippen LogP) is 3.13. The maximum absolute atomic E-state index is 12.6. The van der Waals surface area contributed by atoms with E-state index in [-0.39, 0.29) is 12.1 Å². The molecule has 0 saturated carbocycles. The molecule has 0 radical (unpaired) electrons. The van der Waals surface area contributed by atoms with Crippen molar-refractivity contribution in [3.05, 3.63) is 35.9 Å². The van der Waals surface area contributed by atoms with Crippen molar-refractivity contribution in [2.24, 2.45) is 0 Å². The minimum atomic E-state index is -3.21. The second-order valence-electron chi connectivity index (χ2n) is 4.29. The highest BCUT2D eigenvalue weighted by Crippen LogP contribution is 2.50. The molecule has 20 heavy (non-hydrogen) atoms. The van der Waals surface area contributed by atoms with Crippen LogP contribution in [0, 0.1) is 0 Å². The van der Waals surface area contributed by atoms with Gasteiger partial charge in [0, 0.05) is 6.92 Å². The van der Waals surface area contributed by atoms with E-state index >= 15 is 0 Å². The largest absolute Gasteiger partial charge is 0.349 e. The van der Waals surface area contributed by atoms with Crippen LogP contribution in [0.2, 0.25) is 0 Å². The molecule has 0 bridgehead atoms. The zero-order valence-electron chi connectivity index (χ0n) is 12.2. The molecule has 1 atom stereocenters. The van der Waals surface area contributed by atoms with Crippen molar-refractivity contribution in [2.45, 2.75) is 26.8 Å². The van der Waals surface area contributed by atoms with Crippen molar-refractivity contribution in [1.82, 2.24) is 5.32 Å². The monoisotopic (exact) mass is 299 g/mol. The second kappa shape index (κ2) is 8.20. The Morgan fingerprint density at radius 3 is 2.20 bits per heavy atom. The van der Waals surface area contributed by atoms with Crippen LogP contribution in [0.4, 0.5) is 0 Å². The molecule has 1 N–H and O–H groups in total. The minimum absolute atomic E-state index is 0.123. The van der Waals surface area contributed by atoms with E-state index in [1.165, 1.54) is 6.92 Å². The number of rotatable bonds is 8. The van der Waals surface area contributed by atoms with Crippen molar-refractivity contribution in [3.63, 3.8) is 0 Å². The Labute approximate surface area is 120 Å². The van der Waals surface area contributed by atoms with E-state index in [4.69, 9.17) is 9.05 Å². The smallest absolute Gasteiger partial charge is 0.333 e. The van der Waals surface area contributed by atoms with Gasteiger partial charge in [0.15, 0.2) is 0 Å². The summed E-state index contributed by atoms with van der Waals surface area (Å²) >= 11 is 0. The van der Waals surface area contributed by atoms with Gasteiger partial charge >= 0.3 is 7.60 Å². The fraction of sp³-hybridized carbons (Fsp3) is 0.500. The van der Waals surface area contributed by atoms with Gasteiger partial charge in [-0.1, -0.05) is 30.3 Å². The molecule has 112 valence electrons. The lowest BCUT2D eigenvalue weighted by atomic mass is 10.1. The van der Waals surface area contributed by atoms with Gasteiger partial charge in [0.25, 0.3) is 0 Å². The summed E-state index contributed by atoms with van der Waals surface area (Å²) in [6, 6.07) is 9.00. The van der Waals surface area contributed by atoms with Crippen molar-refractivity contribution in [1.29, 1.82) is 0 Å². The fourth-order valence-electron chi connectivity index (χ4n) is 1.92. The molecule has 6 heteroatoms. The first-order chi connectivity index (χ1) is 9.50. The molecule has 0 aromatic heterocycles. The first-order valence-electron chi connectivity index (χ1n) is 6.71. The lowest BCUT2D eigenvalue weighted by molar-refractivity contribution is -0.119. The molecule has 5 nitrogen and oxygen atoms in total. The Morgan fingerprint density at radius 2 is 1.75 bits per heavy atom. The molecular weight excluding hydrogens is 277 g/mol. The number of hydrogen-bond donors (Lipinski definition) is 1. The van der Waals surface area contributed by atoms with Crippen LogP contribution in [0.15, 0.2) is 30.3 Å². The van der Waals surface area contributed by atoms with Gasteiger partial charge in [-0.15, -0.1) is 0 Å². The average Bonchev–Trinajstić information content (AvgIpc) is 2.39. The average molecular weight is 299 g/mol. The van der Waals surface area contributed by atoms with Crippen LogP contribution >= 0.6 is 7.60 Å². The molecule has 1 aromatic carbocycles. The van der Waals surface area contributed by atoms with Crippen LogP contribution in [0.25, 0.3) is 0 Å². The summed E-state index contributed by atoms with van der Waals surface area (Å²) < 4.78 is 23.2. The molecule has 0 unspecified atom stereocenters. The SMILES string of the molecule is CCOP(=O)(C[C@H](NC(C)=O)c1ccccc1)OCC. The highest BCUT2D eigenvalue weighted by atomic mass is 31.2. The van der Waals surface area contributed by atoms with Gasteiger partial charge in [0.05, 0.1) is 25.4 Å². The van der Waals surface area contributed by atoms with Crippen LogP contribution in [-0.2, 0) is 18.4 Å². The summed E-state index contributed by atoms with van der Waals surface area (Å²) in [5.74, 6) is -0.182. The Kier molecular flexibility index (Phi) is 6.93. The topological polar surface area (TPSA) is 64.6 Å². The third kappa shape index (κ3) is 5.45. The fourth-order valence-corrected chi connectivity index (χ4v) is 3.75. The van der Waals surface area contributed by atoms with Crippen molar-refractivity contribution >= 4 is 13.5 Å². The van der Waals surface area contributed by atoms with Gasteiger partial charge in [-0.3, -0.25) is 9.36 Å². The van der Waals surface area contributed by atoms with Gasteiger partial charge in [0.1, 0.15) is 0 Å². The van der Waals surface area contributed by atoms with E-state index in [1.54, 1.807) is 13.8 Å². The van der Waals surface area contributed by atoms with Crippen molar-refractivity contribution in [3.8, 4) is 0 Å². The van der Waals surface area contributed by atoms with Gasteiger partial charge in [0.2, 0.25) is 5.91 Å². The molecule has 1 rings (SSSR count). The quantitative estimate of drug-likeness (QED) is 0.749. The number of amides is 1. The molecule has 0 saturated heterocycles. The molecule has 0 fully saturated rings. The maximum Gasteiger partial charge on any atom is 0.333 e. The molecule has 0 spiro atoms. The van der Waals surface area contributed by atoms with E-state index in [9.17, 15) is 9.36 Å². The summed E-state index contributed by atoms with van der Waals surface area (Å²) in [5.41, 5.74) is 0.877. The van der Waals surface area contributed by atoms with Crippen molar-refractivity contribution < 1.29 is 18.4 Å². The van der Waals surface area contributed by atoms with Crippen LogP contribution in [0.3, 0.4) is 0 Å². The van der Waals surface area contributed by atoms with E-state index in [0.717, 1.165) is 5.56 Å². The van der Waals surface area contributed by atoms with Crippen LogP contribution in [0.5, 0.6) is 0 Å². The van der Waals surface area contributed by atoms with Gasteiger partial charge in [-0.2, -0.15) is 0 Å². The minimum Gasteiger partial charge on any atom is -0.349 e. The van der Waals surface area contributed by atoms with Crippen LogP contribution in [0.1, 0.15) is 32.4 Å². The lowest BCUT2D eigenvalue weighted by Crippen LogP contribution is -2.29. The summed E-state index contributed by atoms with van der Waals surface area (Å²) in [4.78, 5) is 11.3. The van der Waals surface area contributed by atoms with E-state index in [1.807, 2.05) is 30.3 Å². The summed E-state index contributed by atoms with van der Waals surface area (Å²) in [5, 5.41) is 2.80. The third-order valence-electron chi connectivity index (χ3n) is 2.64. The van der Waals surface area contributed by atoms with Crippen molar-refractivity contribution in [2.75, 3.05) is 19.4 Å². The number of carbonyl (C=O) groups excluding carboxylic acids is 1. The number of benzene rings is 1. The summed E-state index contributed by atoms with van der Waals surface area (Å²) in [6.07, 6.45) is 0.123. The second-order valence-corrected chi connectivity index (χ2v) is 6.40. The molecular formula is C14H22NO4P. The van der Waals surface area contributed by atoms with Gasteiger partial charge < -0.3 is 14.4 Å². The van der Waals surface area contributed by atoms with Gasteiger partial charge in [-0.25, -0.2) is 0 Å². The van der Waals surface area contributed by atoms with Crippen LogP contribution < -0.4 is 5.32 Å². The van der Waals surface area contributed by atoms with E-state index < -0.39 is 13.6 Å². The summed E-state index contributed by atoms with van der Waals surface area (Å²) in [7, 11) is -3.21. The lowest BCUT2D eigenvalue weighted by Gasteiger charge is -2.24. The number of hydrogen-bond acceptors (Lipinski definition) is 4. The maximum atomic E-state index is 12.6. The molecule has 0 aliphatic rings. The molecule has 0 aliphatic heterocycles. The third-order valence-corrected chi connectivity index (χ3v) is 4.75. The Hall–Kier alpha value is -1.16. The zero-order chi connectivity index (χ0) is 15.0. The molecule has 0 heterocycles. The zero-order valence-corrected chi connectivity index (χ0v) is 13.1. The molecule has 0 aliphatic carbocycles. The van der Waals surface area contributed by atoms with Gasteiger partial charge in [-0.05, 0) is 19.4 Å². The normalized spacial score (nSPS) is 12.9. The number of nitrogens with one attached hydrogen (secondary N) is 1. The predicted molar refractivity (Wildman–Crippen MR) is 78.7 cm³/mol. The highest BCUT2D eigenvalue weighted by Gasteiger charge is 2.29. The first kappa shape index (κ1) is 16.9. The Balaban J connectivity index is 2.93. The van der Waals surface area contributed by atoms with Crippen LogP contribution in [-0.4, -0.2) is 25.3 Å². The Bertz CT molecular complexity index is 454. The molecule has 1 amide bonds. The first-order valence-corrected chi connectivity index (χ1v) is 8.43. The highest BCUT2D eigenvalue weighted by molar-refractivity contribution is 7.53. The van der Waals surface area contributed by atoms with E-state index in [0.29, 0.717) is 13.2 Å². The standard InChI is InChI=1S/C14H22NO4P/c1-4-18-20(17,19-5-2)11-14(15-12(3)16)13-9-7-6-8-10-13/h6-10,14H,4-5,11H2,1-3H3,(H,15,16)/t14-/m0/s1. The molecule has 1 aromatic rings.